The van der Waals surface area contributed by atoms with Crippen molar-refractivity contribution in [2.45, 2.75) is 25.7 Å². The molecule has 0 spiro atoms. The van der Waals surface area contributed by atoms with Gasteiger partial charge in [0, 0.05) is 24.6 Å². The zero-order valence-corrected chi connectivity index (χ0v) is 20.9. The molecule has 2 aliphatic heterocycles. The first-order valence-electron chi connectivity index (χ1n) is 12.5. The van der Waals surface area contributed by atoms with Crippen LogP contribution in [0, 0.1) is 29.1 Å². The molecule has 2 heterocycles. The van der Waals surface area contributed by atoms with Crippen molar-refractivity contribution in [1.82, 2.24) is 4.90 Å². The maximum absolute atomic E-state index is 14.2. The van der Waals surface area contributed by atoms with Gasteiger partial charge < -0.3 is 9.84 Å². The minimum atomic E-state index is -1.19. The molecule has 190 valence electrons. The van der Waals surface area contributed by atoms with Crippen LogP contribution in [0.15, 0.2) is 60.2 Å². The lowest BCUT2D eigenvalue weighted by Gasteiger charge is -2.49. The molecule has 3 fully saturated rings. The molecular weight excluding hydrogens is 472 g/mol. The molecule has 2 saturated heterocycles. The van der Waals surface area contributed by atoms with Gasteiger partial charge in [-0.25, -0.2) is 4.90 Å². The smallest absolute Gasteiger partial charge is 0.241 e. The van der Waals surface area contributed by atoms with Crippen LogP contribution >= 0.6 is 0 Å². The number of aromatic hydroxyl groups is 1. The zero-order chi connectivity index (χ0) is 26.2. The molecular formula is C29H28N2O6. The number of likely N-dealkylation sites (tertiary alicyclic amines) is 1. The van der Waals surface area contributed by atoms with Crippen molar-refractivity contribution in [1.29, 1.82) is 0 Å². The molecule has 0 aromatic heterocycles. The topological polar surface area (TPSA) is 104 Å². The number of rotatable bonds is 3. The highest BCUT2D eigenvalue weighted by Crippen LogP contribution is 2.64. The summed E-state index contributed by atoms with van der Waals surface area (Å²) < 4.78 is 5.27. The molecule has 4 amide bonds. The maximum atomic E-state index is 14.2. The monoisotopic (exact) mass is 500 g/mol. The lowest BCUT2D eigenvalue weighted by molar-refractivity contribution is -0.138. The summed E-state index contributed by atoms with van der Waals surface area (Å²) in [5.74, 6) is -3.50. The average molecular weight is 501 g/mol. The molecule has 0 radical (unpaired) electrons. The number of hydrogen-bond donors (Lipinski definition) is 1. The zero-order valence-electron chi connectivity index (χ0n) is 20.9. The maximum Gasteiger partial charge on any atom is 0.241 e. The Kier molecular flexibility index (Phi) is 5.09. The quantitative estimate of drug-likeness (QED) is 0.513. The predicted molar refractivity (Wildman–Crippen MR) is 133 cm³/mol. The largest absolute Gasteiger partial charge is 0.508 e. The molecule has 1 saturated carbocycles. The van der Waals surface area contributed by atoms with Gasteiger partial charge in [-0.3, -0.25) is 24.1 Å². The summed E-state index contributed by atoms with van der Waals surface area (Å²) in [5.41, 5.74) is 0.649. The number of amides is 4. The fourth-order valence-electron chi connectivity index (χ4n) is 7.23. The predicted octanol–water partition coefficient (Wildman–Crippen LogP) is 3.26. The van der Waals surface area contributed by atoms with Gasteiger partial charge in [-0.1, -0.05) is 35.9 Å². The van der Waals surface area contributed by atoms with Gasteiger partial charge >= 0.3 is 0 Å². The third-order valence-electron chi connectivity index (χ3n) is 9.06. The molecule has 6 unspecified atom stereocenters. The second-order valence-corrected chi connectivity index (χ2v) is 10.7. The average Bonchev–Trinajstić information content (AvgIpc) is 3.24. The van der Waals surface area contributed by atoms with Crippen LogP contribution in [-0.2, 0) is 19.2 Å². The summed E-state index contributed by atoms with van der Waals surface area (Å²) >= 11 is 0. The first kappa shape index (κ1) is 23.5. The van der Waals surface area contributed by atoms with E-state index in [-0.39, 0.29) is 35.8 Å². The molecule has 2 aromatic carbocycles. The van der Waals surface area contributed by atoms with E-state index in [2.05, 4.69) is 0 Å². The number of methoxy groups -OCH3 is 1. The van der Waals surface area contributed by atoms with Gasteiger partial charge in [0.25, 0.3) is 0 Å². The number of benzene rings is 2. The highest BCUT2D eigenvalue weighted by Gasteiger charge is 2.67. The van der Waals surface area contributed by atoms with E-state index in [1.807, 2.05) is 12.1 Å². The van der Waals surface area contributed by atoms with Crippen LogP contribution in [0.5, 0.6) is 11.5 Å². The summed E-state index contributed by atoms with van der Waals surface area (Å²) in [5, 5.41) is 11.1. The minimum absolute atomic E-state index is 0.0441. The van der Waals surface area contributed by atoms with Gasteiger partial charge in [0.1, 0.15) is 11.5 Å². The van der Waals surface area contributed by atoms with Crippen molar-refractivity contribution in [3.8, 4) is 11.5 Å². The molecule has 2 aromatic rings. The third kappa shape index (κ3) is 3.01. The molecule has 37 heavy (non-hydrogen) atoms. The van der Waals surface area contributed by atoms with Crippen LogP contribution in [0.4, 0.5) is 5.69 Å². The molecule has 4 aliphatic rings. The van der Waals surface area contributed by atoms with E-state index >= 15 is 0 Å². The number of ether oxygens (including phenoxy) is 1. The normalized spacial score (nSPS) is 32.7. The van der Waals surface area contributed by atoms with E-state index in [0.29, 0.717) is 23.4 Å². The van der Waals surface area contributed by atoms with Crippen LogP contribution < -0.4 is 9.64 Å². The highest BCUT2D eigenvalue weighted by molar-refractivity contribution is 6.24. The van der Waals surface area contributed by atoms with Crippen molar-refractivity contribution in [3.63, 3.8) is 0 Å². The van der Waals surface area contributed by atoms with E-state index in [1.54, 1.807) is 43.3 Å². The first-order valence-corrected chi connectivity index (χ1v) is 12.5. The Morgan fingerprint density at radius 3 is 2.38 bits per heavy atom. The van der Waals surface area contributed by atoms with Crippen molar-refractivity contribution < 1.29 is 29.0 Å². The fraction of sp³-hybridized carbons (Fsp3) is 0.379. The fourth-order valence-corrected chi connectivity index (χ4v) is 7.23. The van der Waals surface area contributed by atoms with Gasteiger partial charge in [-0.15, -0.1) is 0 Å². The van der Waals surface area contributed by atoms with Crippen LogP contribution in [0.3, 0.4) is 0 Å². The van der Waals surface area contributed by atoms with Crippen molar-refractivity contribution in [2.24, 2.45) is 29.1 Å². The Bertz CT molecular complexity index is 1380. The van der Waals surface area contributed by atoms with E-state index in [9.17, 15) is 24.3 Å². The number of nitrogens with zero attached hydrogens (tertiary/aromatic N) is 2. The number of phenolic OH excluding ortho intramolecular Hbond substituents is 1. The number of allylic oxidation sites excluding steroid dienone is 2. The standard InChI is InChI=1S/C29H28N2O6/c1-29-21(26(34)31(28(29)36)15-7-5-4-6-8-15)14-20-17(11-12-19-23(20)27(35)30(2)25(19)33)24(29)18-10-9-16(37-3)13-22(18)32/h4-11,13,19-21,23-24,32H,12,14H2,1-3H3. The molecule has 1 N–H and O–H groups in total. The Morgan fingerprint density at radius 2 is 1.70 bits per heavy atom. The van der Waals surface area contributed by atoms with Gasteiger partial charge in [0.15, 0.2) is 0 Å². The van der Waals surface area contributed by atoms with Gasteiger partial charge in [-0.05, 0) is 43.9 Å². The number of fused-ring (bicyclic) bond motifs is 4. The van der Waals surface area contributed by atoms with Gasteiger partial charge in [0.05, 0.1) is 36.0 Å². The second-order valence-electron chi connectivity index (χ2n) is 10.7. The first-order chi connectivity index (χ1) is 17.7. The summed E-state index contributed by atoms with van der Waals surface area (Å²) in [6.07, 6.45) is 2.64. The summed E-state index contributed by atoms with van der Waals surface area (Å²) in [6.45, 7) is 1.80. The van der Waals surface area contributed by atoms with Crippen molar-refractivity contribution in [3.05, 3.63) is 65.7 Å². The van der Waals surface area contributed by atoms with Crippen LogP contribution in [0.2, 0.25) is 0 Å². The number of anilines is 1. The summed E-state index contributed by atoms with van der Waals surface area (Å²) in [7, 11) is 3.01. The molecule has 8 nitrogen and oxygen atoms in total. The van der Waals surface area contributed by atoms with Gasteiger partial charge in [0.2, 0.25) is 23.6 Å². The molecule has 0 bridgehead atoms. The number of imide groups is 2. The Hall–Kier alpha value is -3.94. The van der Waals surface area contributed by atoms with Crippen molar-refractivity contribution >= 4 is 29.3 Å². The SMILES string of the molecule is COc1ccc(C2C3=CCC4C(=O)N(C)C(=O)C4C3CC3C(=O)N(c4ccccc4)C(=O)C32C)c(O)c1. The molecule has 2 aliphatic carbocycles. The number of carbonyl (C=O) groups is 4. The summed E-state index contributed by atoms with van der Waals surface area (Å²) in [6, 6.07) is 13.8. The van der Waals surface area contributed by atoms with Gasteiger partial charge in [-0.2, -0.15) is 0 Å². The Labute approximate surface area is 214 Å². The van der Waals surface area contributed by atoms with E-state index in [4.69, 9.17) is 4.74 Å². The molecule has 8 heteroatoms. The number of carbonyl (C=O) groups excluding carboxylic acids is 4. The highest BCUT2D eigenvalue weighted by atomic mass is 16.5. The Morgan fingerprint density at radius 1 is 0.973 bits per heavy atom. The minimum Gasteiger partial charge on any atom is -0.508 e. The number of hydrogen-bond acceptors (Lipinski definition) is 6. The van der Waals surface area contributed by atoms with Crippen molar-refractivity contribution in [2.75, 3.05) is 19.1 Å². The second kappa shape index (κ2) is 8.03. The molecule has 6 rings (SSSR count). The number of phenols is 1. The van der Waals surface area contributed by atoms with E-state index < -0.39 is 35.0 Å². The van der Waals surface area contributed by atoms with Crippen LogP contribution in [0.25, 0.3) is 0 Å². The lowest BCUT2D eigenvalue weighted by atomic mass is 9.51. The molecule has 6 atom stereocenters. The van der Waals surface area contributed by atoms with Crippen LogP contribution in [-0.4, -0.2) is 47.8 Å². The lowest BCUT2D eigenvalue weighted by Crippen LogP contribution is -2.48. The van der Waals surface area contributed by atoms with E-state index in [1.165, 1.54) is 30.0 Å². The Balaban J connectivity index is 1.55. The number of para-hydroxylation sites is 1. The van der Waals surface area contributed by atoms with E-state index in [0.717, 1.165) is 5.57 Å². The summed E-state index contributed by atoms with van der Waals surface area (Å²) in [4.78, 5) is 56.7. The third-order valence-corrected chi connectivity index (χ3v) is 9.06. The van der Waals surface area contributed by atoms with Crippen LogP contribution in [0.1, 0.15) is 31.2 Å².